The molecule has 1 aliphatic heterocycles. The van der Waals surface area contributed by atoms with Crippen molar-refractivity contribution in [3.05, 3.63) is 28.8 Å². The smallest absolute Gasteiger partial charge is 0.326 e. The number of nitrogens with zero attached hydrogens (tertiary/aromatic N) is 1. The molecule has 1 saturated heterocycles. The Morgan fingerprint density at radius 1 is 1.50 bits per heavy atom. The van der Waals surface area contributed by atoms with E-state index in [0.717, 1.165) is 0 Å². The van der Waals surface area contributed by atoms with E-state index in [0.29, 0.717) is 18.8 Å². The molecule has 1 fully saturated rings. The van der Waals surface area contributed by atoms with Crippen molar-refractivity contribution in [2.45, 2.75) is 12.5 Å². The van der Waals surface area contributed by atoms with Crippen LogP contribution in [0.4, 0.5) is 10.5 Å². The van der Waals surface area contributed by atoms with Crippen molar-refractivity contribution in [2.75, 3.05) is 31.7 Å². The van der Waals surface area contributed by atoms with Crippen molar-refractivity contribution < 1.29 is 24.2 Å². The number of amides is 3. The molecule has 0 radical (unpaired) electrons. The number of halogens is 1. The molecule has 24 heavy (non-hydrogen) atoms. The first-order valence-electron chi connectivity index (χ1n) is 7.31. The molecule has 3 N–H and O–H groups in total. The van der Waals surface area contributed by atoms with Gasteiger partial charge in [-0.1, -0.05) is 11.6 Å². The van der Waals surface area contributed by atoms with Gasteiger partial charge >= 0.3 is 12.0 Å². The molecule has 0 bridgehead atoms. The van der Waals surface area contributed by atoms with Crippen LogP contribution >= 0.6 is 11.6 Å². The van der Waals surface area contributed by atoms with E-state index in [1.807, 2.05) is 0 Å². The Morgan fingerprint density at radius 3 is 2.83 bits per heavy atom. The molecule has 1 aromatic rings. The van der Waals surface area contributed by atoms with Crippen molar-refractivity contribution >= 4 is 35.2 Å². The van der Waals surface area contributed by atoms with E-state index < -0.39 is 17.9 Å². The summed E-state index contributed by atoms with van der Waals surface area (Å²) in [4.78, 5) is 36.8. The minimum atomic E-state index is -1.16. The van der Waals surface area contributed by atoms with Crippen LogP contribution in [0.15, 0.2) is 18.2 Å². The lowest BCUT2D eigenvalue weighted by molar-refractivity contribution is -0.139. The van der Waals surface area contributed by atoms with Gasteiger partial charge in [-0.2, -0.15) is 0 Å². The van der Waals surface area contributed by atoms with E-state index in [9.17, 15) is 14.4 Å². The van der Waals surface area contributed by atoms with E-state index in [1.54, 1.807) is 6.07 Å². The van der Waals surface area contributed by atoms with Crippen LogP contribution in [0, 0.1) is 0 Å². The number of urea groups is 1. The number of ether oxygens (including phenoxy) is 1. The van der Waals surface area contributed by atoms with Crippen molar-refractivity contribution in [3.8, 4) is 0 Å². The Hall–Kier alpha value is -2.32. The van der Waals surface area contributed by atoms with Crippen LogP contribution in [0.2, 0.25) is 5.02 Å². The maximum atomic E-state index is 12.4. The van der Waals surface area contributed by atoms with Gasteiger partial charge in [-0.15, -0.1) is 0 Å². The quantitative estimate of drug-likeness (QED) is 0.678. The van der Waals surface area contributed by atoms with Gasteiger partial charge in [0.25, 0.3) is 5.91 Å². The number of carbonyl (C=O) groups excluding carboxylic acids is 2. The Kier molecular flexibility index (Phi) is 5.99. The SMILES string of the molecule is COCCC(NC(=O)c1cc(N2CCNC2=O)ccc1Cl)C(=O)O. The third-order valence-electron chi connectivity index (χ3n) is 3.58. The van der Waals surface area contributed by atoms with Crippen molar-refractivity contribution in [1.82, 2.24) is 10.6 Å². The highest BCUT2D eigenvalue weighted by atomic mass is 35.5. The number of rotatable bonds is 7. The molecule has 1 unspecified atom stereocenters. The van der Waals surface area contributed by atoms with Gasteiger partial charge in [-0.25, -0.2) is 9.59 Å². The molecule has 3 amide bonds. The molecule has 0 saturated carbocycles. The third kappa shape index (κ3) is 4.15. The maximum Gasteiger partial charge on any atom is 0.326 e. The van der Waals surface area contributed by atoms with E-state index in [2.05, 4.69) is 10.6 Å². The first-order chi connectivity index (χ1) is 11.4. The van der Waals surface area contributed by atoms with E-state index in [1.165, 1.54) is 24.1 Å². The van der Waals surface area contributed by atoms with E-state index in [4.69, 9.17) is 21.4 Å². The van der Waals surface area contributed by atoms with Gasteiger partial charge < -0.3 is 20.5 Å². The molecule has 9 heteroatoms. The number of carbonyl (C=O) groups is 3. The summed E-state index contributed by atoms with van der Waals surface area (Å²) in [5.41, 5.74) is 0.626. The largest absolute Gasteiger partial charge is 0.480 e. The molecular formula is C15H18ClN3O5. The first kappa shape index (κ1) is 18.0. The molecule has 130 valence electrons. The van der Waals surface area contributed by atoms with Gasteiger partial charge in [0.1, 0.15) is 6.04 Å². The van der Waals surface area contributed by atoms with Crippen LogP contribution in [-0.2, 0) is 9.53 Å². The van der Waals surface area contributed by atoms with Gasteiger partial charge in [-0.3, -0.25) is 9.69 Å². The summed E-state index contributed by atoms with van der Waals surface area (Å²) in [5.74, 6) is -1.78. The van der Waals surface area contributed by atoms with Gasteiger partial charge in [-0.05, 0) is 18.2 Å². The summed E-state index contributed by atoms with van der Waals surface area (Å²) in [6, 6.07) is 3.25. The third-order valence-corrected chi connectivity index (χ3v) is 3.91. The molecule has 0 aliphatic carbocycles. The van der Waals surface area contributed by atoms with Gasteiger partial charge in [0.15, 0.2) is 0 Å². The average Bonchev–Trinajstić information content (AvgIpc) is 2.97. The number of hydrogen-bond donors (Lipinski definition) is 3. The summed E-state index contributed by atoms with van der Waals surface area (Å²) in [5, 5.41) is 14.4. The first-order valence-corrected chi connectivity index (χ1v) is 7.69. The summed E-state index contributed by atoms with van der Waals surface area (Å²) >= 11 is 6.05. The highest BCUT2D eigenvalue weighted by molar-refractivity contribution is 6.34. The standard InChI is InChI=1S/C15H18ClN3O5/c1-24-7-4-12(14(21)22)18-13(20)10-8-9(2-3-11(10)16)19-6-5-17-15(19)23/h2-3,8,12H,4-7H2,1H3,(H,17,23)(H,18,20)(H,21,22). The summed E-state index contributed by atoms with van der Waals surface area (Å²) in [6.45, 7) is 1.19. The molecule has 1 heterocycles. The fourth-order valence-corrected chi connectivity index (χ4v) is 2.51. The van der Waals surface area contributed by atoms with Crippen LogP contribution in [0.3, 0.4) is 0 Å². The number of aliphatic carboxylic acids is 1. The summed E-state index contributed by atoms with van der Waals surface area (Å²) in [7, 11) is 1.45. The van der Waals surface area contributed by atoms with Gasteiger partial charge in [0, 0.05) is 38.9 Å². The highest BCUT2D eigenvalue weighted by Crippen LogP contribution is 2.24. The zero-order chi connectivity index (χ0) is 17.7. The predicted molar refractivity (Wildman–Crippen MR) is 87.6 cm³/mol. The van der Waals surface area contributed by atoms with E-state index in [-0.39, 0.29) is 29.6 Å². The Morgan fingerprint density at radius 2 is 2.25 bits per heavy atom. The summed E-state index contributed by atoms with van der Waals surface area (Å²) < 4.78 is 4.84. The Bertz CT molecular complexity index is 652. The fraction of sp³-hybridized carbons (Fsp3) is 0.400. The van der Waals surface area contributed by atoms with Crippen molar-refractivity contribution in [2.24, 2.45) is 0 Å². The number of nitrogens with one attached hydrogen (secondary N) is 2. The molecule has 8 nitrogen and oxygen atoms in total. The second kappa shape index (κ2) is 7.98. The molecule has 1 aromatic carbocycles. The predicted octanol–water partition coefficient (Wildman–Crippen LogP) is 1.09. The number of anilines is 1. The normalized spacial score (nSPS) is 15.1. The van der Waals surface area contributed by atoms with Gasteiger partial charge in [0.05, 0.1) is 10.6 Å². The highest BCUT2D eigenvalue weighted by Gasteiger charge is 2.25. The maximum absolute atomic E-state index is 12.4. The van der Waals surface area contributed by atoms with Crippen LogP contribution < -0.4 is 15.5 Å². The molecule has 0 spiro atoms. The minimum absolute atomic E-state index is 0.109. The van der Waals surface area contributed by atoms with Crippen LogP contribution in [0.5, 0.6) is 0 Å². The molecule has 1 atom stereocenters. The lowest BCUT2D eigenvalue weighted by Crippen LogP contribution is -2.41. The molecule has 1 aliphatic rings. The fourth-order valence-electron chi connectivity index (χ4n) is 2.30. The zero-order valence-electron chi connectivity index (χ0n) is 13.0. The number of carboxylic acid groups (broad SMARTS) is 1. The summed E-state index contributed by atoms with van der Waals surface area (Å²) in [6.07, 6.45) is 0.128. The monoisotopic (exact) mass is 355 g/mol. The number of methoxy groups -OCH3 is 1. The average molecular weight is 356 g/mol. The topological polar surface area (TPSA) is 108 Å². The Balaban J connectivity index is 2.18. The van der Waals surface area contributed by atoms with Gasteiger partial charge in [0.2, 0.25) is 0 Å². The Labute approximate surface area is 143 Å². The van der Waals surface area contributed by atoms with E-state index >= 15 is 0 Å². The minimum Gasteiger partial charge on any atom is -0.480 e. The molecule has 0 aromatic heterocycles. The number of hydrogen-bond acceptors (Lipinski definition) is 4. The van der Waals surface area contributed by atoms with Crippen LogP contribution in [0.1, 0.15) is 16.8 Å². The molecule has 2 rings (SSSR count). The second-order valence-corrected chi connectivity index (χ2v) is 5.60. The van der Waals surface area contributed by atoms with Crippen LogP contribution in [0.25, 0.3) is 0 Å². The second-order valence-electron chi connectivity index (χ2n) is 5.19. The zero-order valence-corrected chi connectivity index (χ0v) is 13.8. The number of carboxylic acids is 1. The van der Waals surface area contributed by atoms with Crippen LogP contribution in [-0.4, -0.2) is 55.9 Å². The van der Waals surface area contributed by atoms with Crippen molar-refractivity contribution in [3.63, 3.8) is 0 Å². The lowest BCUT2D eigenvalue weighted by atomic mass is 10.1. The molecular weight excluding hydrogens is 338 g/mol. The van der Waals surface area contributed by atoms with Crippen molar-refractivity contribution in [1.29, 1.82) is 0 Å². The number of benzene rings is 1. The lowest BCUT2D eigenvalue weighted by Gasteiger charge is -2.18.